The number of ether oxygens (including phenoxy) is 2. The number of benzene rings is 3. The van der Waals surface area contributed by atoms with Crippen molar-refractivity contribution in [3.05, 3.63) is 94.9 Å². The van der Waals surface area contributed by atoms with Crippen molar-refractivity contribution in [3.63, 3.8) is 0 Å². The van der Waals surface area contributed by atoms with Crippen LogP contribution in [0.15, 0.2) is 78.9 Å². The minimum absolute atomic E-state index is 0.0248. The molecule has 1 saturated heterocycles. The molecule has 190 valence electrons. The minimum atomic E-state index is -0.522. The summed E-state index contributed by atoms with van der Waals surface area (Å²) in [5.74, 6) is 0.673. The summed E-state index contributed by atoms with van der Waals surface area (Å²) in [5.41, 5.74) is 8.43. The van der Waals surface area contributed by atoms with Crippen LogP contribution in [0.25, 0.3) is 10.1 Å². The van der Waals surface area contributed by atoms with E-state index >= 15 is 0 Å². The molecule has 3 aromatic carbocycles. The molecule has 0 aliphatic carbocycles. The molecule has 1 atom stereocenters. The Morgan fingerprint density at radius 3 is 2.57 bits per heavy atom. The maximum atomic E-state index is 12.8. The molecule has 1 aliphatic rings. The summed E-state index contributed by atoms with van der Waals surface area (Å²) in [5, 5.41) is 11.6. The highest BCUT2D eigenvalue weighted by atomic mass is 32.1. The number of carbonyl (C=O) groups excluding carboxylic acids is 1. The third-order valence-corrected chi connectivity index (χ3v) is 7.57. The van der Waals surface area contributed by atoms with Gasteiger partial charge >= 0.3 is 6.09 Å². The van der Waals surface area contributed by atoms with Crippen molar-refractivity contribution in [1.29, 1.82) is 5.41 Å². The molecule has 8 heteroatoms. The van der Waals surface area contributed by atoms with Gasteiger partial charge in [-0.25, -0.2) is 4.79 Å². The highest BCUT2D eigenvalue weighted by Gasteiger charge is 2.20. The zero-order valence-corrected chi connectivity index (χ0v) is 21.3. The van der Waals surface area contributed by atoms with Crippen LogP contribution >= 0.6 is 11.3 Å². The second-order valence-electron chi connectivity index (χ2n) is 9.07. The van der Waals surface area contributed by atoms with E-state index in [1.54, 1.807) is 0 Å². The molecule has 7 nitrogen and oxygen atoms in total. The number of anilines is 1. The maximum Gasteiger partial charge on any atom is 0.411 e. The summed E-state index contributed by atoms with van der Waals surface area (Å²) in [7, 11) is 0. The fourth-order valence-electron chi connectivity index (χ4n) is 4.55. The highest BCUT2D eigenvalue weighted by Crippen LogP contribution is 2.35. The Morgan fingerprint density at radius 1 is 1.03 bits per heavy atom. The third-order valence-electron chi connectivity index (χ3n) is 6.44. The van der Waals surface area contributed by atoms with Crippen LogP contribution in [0.4, 0.5) is 10.5 Å². The molecule has 4 N–H and O–H groups in total. The topological polar surface area (TPSA) is 101 Å². The van der Waals surface area contributed by atoms with E-state index in [-0.39, 0.29) is 12.4 Å². The maximum absolute atomic E-state index is 12.8. The standard InChI is InChI=1S/C29H30N4O3S/c30-28(31)27-17-22-24(13-8-14-26(22)37-27)36-25(20-9-2-1-3-10-20)19-35-29(34)32-23-12-5-4-11-21(23)18-33-15-6-7-16-33/h1-5,8-14,17,25H,6-7,15-16,18-19H2,(H3,30,31)(H,32,34). The summed E-state index contributed by atoms with van der Waals surface area (Å²) < 4.78 is 13.1. The van der Waals surface area contributed by atoms with Gasteiger partial charge in [0.1, 0.15) is 18.2 Å². The molecule has 0 radical (unpaired) electrons. The predicted molar refractivity (Wildman–Crippen MR) is 149 cm³/mol. The van der Waals surface area contributed by atoms with Gasteiger partial charge in [0, 0.05) is 22.3 Å². The lowest BCUT2D eigenvalue weighted by molar-refractivity contribution is 0.0910. The van der Waals surface area contributed by atoms with Crippen LogP contribution in [-0.4, -0.2) is 36.5 Å². The number of fused-ring (bicyclic) bond motifs is 1. The molecular formula is C29H30N4O3S. The lowest BCUT2D eigenvalue weighted by Crippen LogP contribution is -2.23. The summed E-state index contributed by atoms with van der Waals surface area (Å²) in [4.78, 5) is 15.9. The van der Waals surface area contributed by atoms with Crippen molar-refractivity contribution in [1.82, 2.24) is 4.90 Å². The van der Waals surface area contributed by atoms with Crippen LogP contribution in [0.3, 0.4) is 0 Å². The van der Waals surface area contributed by atoms with Crippen molar-refractivity contribution in [2.24, 2.45) is 5.73 Å². The number of hydrogen-bond donors (Lipinski definition) is 3. The third kappa shape index (κ3) is 6.10. The quantitative estimate of drug-likeness (QED) is 0.184. The first-order chi connectivity index (χ1) is 18.1. The van der Waals surface area contributed by atoms with Crippen LogP contribution < -0.4 is 15.8 Å². The van der Waals surface area contributed by atoms with Crippen LogP contribution in [0.1, 0.15) is 34.9 Å². The van der Waals surface area contributed by atoms with E-state index < -0.39 is 12.2 Å². The Bertz CT molecular complexity index is 1380. The second kappa shape index (κ2) is 11.5. The molecule has 1 aliphatic heterocycles. The molecule has 1 fully saturated rings. The normalized spacial score (nSPS) is 14.4. The Hall–Kier alpha value is -3.88. The van der Waals surface area contributed by atoms with Gasteiger partial charge in [0.25, 0.3) is 0 Å². The summed E-state index contributed by atoms with van der Waals surface area (Å²) in [6.45, 7) is 3.00. The monoisotopic (exact) mass is 514 g/mol. The smallest absolute Gasteiger partial charge is 0.411 e. The first-order valence-electron chi connectivity index (χ1n) is 12.4. The average molecular weight is 515 g/mol. The molecule has 2 heterocycles. The largest absolute Gasteiger partial charge is 0.481 e. The van der Waals surface area contributed by atoms with Crippen LogP contribution in [0, 0.1) is 5.41 Å². The molecule has 0 bridgehead atoms. The lowest BCUT2D eigenvalue weighted by Gasteiger charge is -2.21. The lowest BCUT2D eigenvalue weighted by atomic mass is 10.1. The second-order valence-corrected chi connectivity index (χ2v) is 10.2. The Labute approximate surface area is 220 Å². The Kier molecular flexibility index (Phi) is 7.67. The Balaban J connectivity index is 1.30. The van der Waals surface area contributed by atoms with Crippen molar-refractivity contribution < 1.29 is 14.3 Å². The van der Waals surface area contributed by atoms with E-state index in [9.17, 15) is 4.79 Å². The SMILES string of the molecule is N=C(N)c1cc2c(OC(COC(=O)Nc3ccccc3CN3CCCC3)c3ccccc3)cccc2s1. The van der Waals surface area contributed by atoms with Crippen molar-refractivity contribution in [2.45, 2.75) is 25.5 Å². The van der Waals surface area contributed by atoms with Crippen molar-refractivity contribution in [2.75, 3.05) is 25.0 Å². The first kappa shape index (κ1) is 24.8. The number of para-hydroxylation sites is 1. The molecule has 0 saturated carbocycles. The molecular weight excluding hydrogens is 484 g/mol. The molecule has 5 rings (SSSR count). The fourth-order valence-corrected chi connectivity index (χ4v) is 5.49. The number of amides is 1. The van der Waals surface area contributed by atoms with Crippen LogP contribution in [0.5, 0.6) is 5.75 Å². The van der Waals surface area contributed by atoms with Crippen LogP contribution in [0.2, 0.25) is 0 Å². The van der Waals surface area contributed by atoms with E-state index in [1.807, 2.05) is 78.9 Å². The Morgan fingerprint density at radius 2 is 1.78 bits per heavy atom. The van der Waals surface area contributed by atoms with Gasteiger partial charge in [-0.05, 0) is 61.3 Å². The van der Waals surface area contributed by atoms with E-state index in [0.717, 1.165) is 46.5 Å². The highest BCUT2D eigenvalue weighted by molar-refractivity contribution is 7.20. The fraction of sp³-hybridized carbons (Fsp3) is 0.241. The van der Waals surface area contributed by atoms with E-state index in [2.05, 4.69) is 10.2 Å². The number of rotatable bonds is 9. The number of amidine groups is 1. The zero-order chi connectivity index (χ0) is 25.6. The number of nitrogens with one attached hydrogen (secondary N) is 2. The number of nitrogens with zero attached hydrogens (tertiary/aromatic N) is 1. The molecule has 1 aromatic heterocycles. The number of likely N-dealkylation sites (tertiary alicyclic amines) is 1. The van der Waals surface area contributed by atoms with Gasteiger partial charge in [-0.1, -0.05) is 54.6 Å². The van der Waals surface area contributed by atoms with Gasteiger partial charge in [0.05, 0.1) is 4.88 Å². The first-order valence-corrected chi connectivity index (χ1v) is 13.2. The zero-order valence-electron chi connectivity index (χ0n) is 20.5. The van der Waals surface area contributed by atoms with Crippen molar-refractivity contribution >= 4 is 39.0 Å². The van der Waals surface area contributed by atoms with E-state index in [1.165, 1.54) is 24.2 Å². The van der Waals surface area contributed by atoms with E-state index in [4.69, 9.17) is 20.6 Å². The summed E-state index contributed by atoms with van der Waals surface area (Å²) in [6.07, 6.45) is 1.39. The van der Waals surface area contributed by atoms with Gasteiger partial charge in [-0.15, -0.1) is 11.3 Å². The van der Waals surface area contributed by atoms with Gasteiger partial charge < -0.3 is 15.2 Å². The number of nitrogens with two attached hydrogens (primary N) is 1. The number of hydrogen-bond acceptors (Lipinski definition) is 6. The predicted octanol–water partition coefficient (Wildman–Crippen LogP) is 6.15. The molecule has 1 amide bonds. The molecule has 37 heavy (non-hydrogen) atoms. The number of nitrogen functional groups attached to an aromatic ring is 1. The minimum Gasteiger partial charge on any atom is -0.481 e. The van der Waals surface area contributed by atoms with Gasteiger partial charge in [-0.2, -0.15) is 0 Å². The molecule has 0 spiro atoms. The molecule has 4 aromatic rings. The number of thiophene rings is 1. The number of carbonyl (C=O) groups is 1. The van der Waals surface area contributed by atoms with E-state index in [0.29, 0.717) is 10.6 Å². The van der Waals surface area contributed by atoms with Gasteiger partial charge in [0.15, 0.2) is 6.10 Å². The van der Waals surface area contributed by atoms with Crippen LogP contribution in [-0.2, 0) is 11.3 Å². The van der Waals surface area contributed by atoms with Crippen molar-refractivity contribution in [3.8, 4) is 5.75 Å². The van der Waals surface area contributed by atoms with Gasteiger partial charge in [0.2, 0.25) is 0 Å². The molecule has 1 unspecified atom stereocenters. The van der Waals surface area contributed by atoms with Gasteiger partial charge in [-0.3, -0.25) is 15.6 Å². The summed E-state index contributed by atoms with van der Waals surface area (Å²) in [6, 6.07) is 25.2. The summed E-state index contributed by atoms with van der Waals surface area (Å²) >= 11 is 1.45. The average Bonchev–Trinajstić information content (AvgIpc) is 3.59.